The van der Waals surface area contributed by atoms with Crippen LogP contribution in [-0.4, -0.2) is 39.6 Å². The second kappa shape index (κ2) is 9.16. The van der Waals surface area contributed by atoms with Gasteiger partial charge in [0.25, 0.3) is 11.8 Å². The van der Waals surface area contributed by atoms with E-state index in [0.717, 1.165) is 18.4 Å². The van der Waals surface area contributed by atoms with Gasteiger partial charge in [-0.3, -0.25) is 14.3 Å². The zero-order valence-corrected chi connectivity index (χ0v) is 18.1. The fourth-order valence-electron chi connectivity index (χ4n) is 3.89. The first kappa shape index (κ1) is 20.8. The van der Waals surface area contributed by atoms with Crippen molar-refractivity contribution in [1.29, 1.82) is 0 Å². The molecule has 0 unspecified atom stereocenters. The standard InChI is InChI=1S/C25H28N4O2/c1-18-7-9-20(10-8-18)11-12-26-24(30)22-16-23-25(31)28(13-4-14-29(23)27-22)17-21-6-3-5-19(2)15-21/h3,5-10,15-16H,4,11-14,17H2,1-2H3,(H,26,30). The summed E-state index contributed by atoms with van der Waals surface area (Å²) >= 11 is 0. The molecule has 0 fully saturated rings. The lowest BCUT2D eigenvalue weighted by Crippen LogP contribution is -2.30. The van der Waals surface area contributed by atoms with Crippen LogP contribution in [0.4, 0.5) is 0 Å². The van der Waals surface area contributed by atoms with Crippen molar-refractivity contribution in [2.75, 3.05) is 13.1 Å². The van der Waals surface area contributed by atoms with Crippen molar-refractivity contribution < 1.29 is 9.59 Å². The SMILES string of the molecule is Cc1ccc(CCNC(=O)c2cc3n(n2)CCCN(Cc2cccc(C)c2)C3=O)cc1. The molecular formula is C25H28N4O2. The molecule has 0 aliphatic carbocycles. The minimum atomic E-state index is -0.245. The summed E-state index contributed by atoms with van der Waals surface area (Å²) in [6.07, 6.45) is 1.56. The second-order valence-electron chi connectivity index (χ2n) is 8.20. The lowest BCUT2D eigenvalue weighted by Gasteiger charge is -2.20. The fourth-order valence-corrected chi connectivity index (χ4v) is 3.89. The van der Waals surface area contributed by atoms with Crippen molar-refractivity contribution in [2.24, 2.45) is 0 Å². The Kier molecular flexibility index (Phi) is 6.16. The van der Waals surface area contributed by atoms with Gasteiger partial charge in [-0.05, 0) is 37.8 Å². The first-order valence-electron chi connectivity index (χ1n) is 10.8. The fraction of sp³-hybridized carbons (Fsp3) is 0.320. The van der Waals surface area contributed by atoms with Crippen LogP contribution in [0.2, 0.25) is 0 Å². The average molecular weight is 417 g/mol. The van der Waals surface area contributed by atoms with Gasteiger partial charge in [-0.1, -0.05) is 59.7 Å². The van der Waals surface area contributed by atoms with Crippen molar-refractivity contribution in [3.8, 4) is 0 Å². The molecule has 1 aromatic heterocycles. The van der Waals surface area contributed by atoms with Gasteiger partial charge in [-0.25, -0.2) is 0 Å². The van der Waals surface area contributed by atoms with Crippen LogP contribution in [0, 0.1) is 13.8 Å². The van der Waals surface area contributed by atoms with Crippen LogP contribution in [0.25, 0.3) is 0 Å². The van der Waals surface area contributed by atoms with Gasteiger partial charge in [0.2, 0.25) is 0 Å². The number of carbonyl (C=O) groups is 2. The Labute approximate surface area is 182 Å². The first-order chi connectivity index (χ1) is 15.0. The molecule has 0 saturated carbocycles. The number of hydrogen-bond acceptors (Lipinski definition) is 3. The van der Waals surface area contributed by atoms with E-state index < -0.39 is 0 Å². The third-order valence-corrected chi connectivity index (χ3v) is 5.59. The van der Waals surface area contributed by atoms with Crippen LogP contribution >= 0.6 is 0 Å². The van der Waals surface area contributed by atoms with E-state index in [1.54, 1.807) is 10.7 Å². The molecule has 1 aliphatic heterocycles. The number of rotatable bonds is 6. The van der Waals surface area contributed by atoms with Crippen molar-refractivity contribution in [1.82, 2.24) is 20.0 Å². The second-order valence-corrected chi connectivity index (χ2v) is 8.20. The Morgan fingerprint density at radius 1 is 1.00 bits per heavy atom. The lowest BCUT2D eigenvalue weighted by atomic mass is 10.1. The van der Waals surface area contributed by atoms with Crippen LogP contribution in [0.1, 0.15) is 49.7 Å². The number of amides is 2. The van der Waals surface area contributed by atoms with Crippen LogP contribution in [0.3, 0.4) is 0 Å². The maximum Gasteiger partial charge on any atom is 0.272 e. The van der Waals surface area contributed by atoms with Crippen molar-refractivity contribution in [3.05, 3.63) is 88.2 Å². The van der Waals surface area contributed by atoms with Gasteiger partial charge in [0.05, 0.1) is 0 Å². The molecule has 31 heavy (non-hydrogen) atoms. The molecule has 1 aliphatic rings. The summed E-state index contributed by atoms with van der Waals surface area (Å²) in [5.74, 6) is -0.323. The normalized spacial score (nSPS) is 13.6. The third kappa shape index (κ3) is 5.02. The molecule has 4 rings (SSSR count). The lowest BCUT2D eigenvalue weighted by molar-refractivity contribution is 0.0745. The van der Waals surface area contributed by atoms with E-state index in [1.807, 2.05) is 30.0 Å². The Balaban J connectivity index is 1.41. The van der Waals surface area contributed by atoms with Crippen LogP contribution in [-0.2, 0) is 19.5 Å². The summed E-state index contributed by atoms with van der Waals surface area (Å²) in [6, 6.07) is 18.1. The van der Waals surface area contributed by atoms with Crippen molar-refractivity contribution >= 4 is 11.8 Å². The number of aromatic nitrogens is 2. The zero-order valence-electron chi connectivity index (χ0n) is 18.1. The highest BCUT2D eigenvalue weighted by Crippen LogP contribution is 2.17. The molecule has 0 bridgehead atoms. The Morgan fingerprint density at radius 3 is 2.58 bits per heavy atom. The van der Waals surface area contributed by atoms with E-state index in [0.29, 0.717) is 37.6 Å². The molecule has 2 amide bonds. The van der Waals surface area contributed by atoms with Crippen LogP contribution in [0.5, 0.6) is 0 Å². The number of aryl methyl sites for hydroxylation is 3. The monoisotopic (exact) mass is 416 g/mol. The molecule has 160 valence electrons. The van der Waals surface area contributed by atoms with Gasteiger partial charge in [0, 0.05) is 32.2 Å². The number of nitrogens with zero attached hydrogens (tertiary/aromatic N) is 3. The predicted octanol–water partition coefficient (Wildman–Crippen LogP) is 3.52. The van der Waals surface area contributed by atoms with Gasteiger partial charge < -0.3 is 10.2 Å². The molecule has 0 radical (unpaired) electrons. The summed E-state index contributed by atoms with van der Waals surface area (Å²) < 4.78 is 1.67. The molecule has 0 spiro atoms. The maximum atomic E-state index is 13.1. The summed E-state index contributed by atoms with van der Waals surface area (Å²) in [5, 5.41) is 7.33. The minimum absolute atomic E-state index is 0.0785. The highest BCUT2D eigenvalue weighted by Gasteiger charge is 2.26. The van der Waals surface area contributed by atoms with Crippen molar-refractivity contribution in [3.63, 3.8) is 0 Å². The number of nitrogens with one attached hydrogen (secondary N) is 1. The quantitative estimate of drug-likeness (QED) is 0.669. The topological polar surface area (TPSA) is 67.2 Å². The van der Waals surface area contributed by atoms with E-state index in [9.17, 15) is 9.59 Å². The number of fused-ring (bicyclic) bond motifs is 1. The Morgan fingerprint density at radius 2 is 1.81 bits per heavy atom. The average Bonchev–Trinajstić information content (AvgIpc) is 3.12. The molecule has 6 heteroatoms. The minimum Gasteiger partial charge on any atom is -0.350 e. The summed E-state index contributed by atoms with van der Waals surface area (Å²) in [6.45, 7) is 6.49. The molecule has 2 aromatic carbocycles. The molecular weight excluding hydrogens is 388 g/mol. The number of hydrogen-bond donors (Lipinski definition) is 1. The molecule has 2 heterocycles. The van der Waals surface area contributed by atoms with Crippen LogP contribution < -0.4 is 5.32 Å². The number of carbonyl (C=O) groups excluding carboxylic acids is 2. The van der Waals surface area contributed by atoms with E-state index in [-0.39, 0.29) is 11.8 Å². The van der Waals surface area contributed by atoms with Gasteiger partial charge in [-0.2, -0.15) is 5.10 Å². The van der Waals surface area contributed by atoms with Gasteiger partial charge in [0.15, 0.2) is 5.69 Å². The first-order valence-corrected chi connectivity index (χ1v) is 10.8. The largest absolute Gasteiger partial charge is 0.350 e. The van der Waals surface area contributed by atoms with E-state index in [2.05, 4.69) is 47.7 Å². The predicted molar refractivity (Wildman–Crippen MR) is 120 cm³/mol. The molecule has 0 atom stereocenters. The number of benzene rings is 2. The third-order valence-electron chi connectivity index (χ3n) is 5.59. The van der Waals surface area contributed by atoms with Gasteiger partial charge in [0.1, 0.15) is 5.69 Å². The highest BCUT2D eigenvalue weighted by atomic mass is 16.2. The van der Waals surface area contributed by atoms with E-state index >= 15 is 0 Å². The van der Waals surface area contributed by atoms with E-state index in [1.165, 1.54) is 16.7 Å². The zero-order chi connectivity index (χ0) is 21.8. The molecule has 3 aromatic rings. The smallest absolute Gasteiger partial charge is 0.272 e. The molecule has 0 saturated heterocycles. The highest BCUT2D eigenvalue weighted by molar-refractivity contribution is 5.98. The van der Waals surface area contributed by atoms with Gasteiger partial charge >= 0.3 is 0 Å². The summed E-state index contributed by atoms with van der Waals surface area (Å²) in [4.78, 5) is 27.6. The summed E-state index contributed by atoms with van der Waals surface area (Å²) in [5.41, 5.74) is 5.45. The molecule has 6 nitrogen and oxygen atoms in total. The van der Waals surface area contributed by atoms with Crippen LogP contribution in [0.15, 0.2) is 54.6 Å². The molecule has 1 N–H and O–H groups in total. The van der Waals surface area contributed by atoms with Crippen molar-refractivity contribution in [2.45, 2.75) is 39.8 Å². The Hall–Kier alpha value is -3.41. The Bertz CT molecular complexity index is 1090. The summed E-state index contributed by atoms with van der Waals surface area (Å²) in [7, 11) is 0. The van der Waals surface area contributed by atoms with Gasteiger partial charge in [-0.15, -0.1) is 0 Å². The van der Waals surface area contributed by atoms with E-state index in [4.69, 9.17) is 0 Å². The maximum absolute atomic E-state index is 13.1.